The monoisotopic (exact) mass is 312 g/mol. The fraction of sp³-hybridized carbons (Fsp3) is 0.308. The number of hydrogen-bond acceptors (Lipinski definition) is 4. The highest BCUT2D eigenvalue weighted by molar-refractivity contribution is 7.89. The molecule has 0 aliphatic carbocycles. The number of aromatic amines is 1. The Bertz CT molecular complexity index is 757. The zero-order valence-electron chi connectivity index (χ0n) is 11.9. The van der Waals surface area contributed by atoms with Gasteiger partial charge in [-0.1, -0.05) is 0 Å². The number of hydrogen-bond donors (Lipinski definition) is 3. The van der Waals surface area contributed by atoms with E-state index in [0.717, 1.165) is 6.07 Å². The first-order valence-electron chi connectivity index (χ1n) is 6.31. The molecule has 0 amide bonds. The van der Waals surface area contributed by atoms with Crippen LogP contribution in [0.25, 0.3) is 0 Å². The average Bonchev–Trinajstić information content (AvgIpc) is 2.89. The highest BCUT2D eigenvalue weighted by Gasteiger charge is 2.25. The van der Waals surface area contributed by atoms with E-state index in [4.69, 9.17) is 5.73 Å². The highest BCUT2D eigenvalue weighted by atomic mass is 32.2. The third kappa shape index (κ3) is 2.91. The second-order valence-corrected chi connectivity index (χ2v) is 6.51. The Morgan fingerprint density at radius 1 is 1.43 bits per heavy atom. The first-order valence-corrected chi connectivity index (χ1v) is 7.79. The molecule has 6 nitrogen and oxygen atoms in total. The Morgan fingerprint density at radius 3 is 2.67 bits per heavy atom. The molecule has 0 fully saturated rings. The van der Waals surface area contributed by atoms with Gasteiger partial charge >= 0.3 is 0 Å². The molecule has 114 valence electrons. The van der Waals surface area contributed by atoms with Crippen molar-refractivity contribution in [1.29, 1.82) is 0 Å². The number of sulfonamides is 1. The van der Waals surface area contributed by atoms with Crippen molar-refractivity contribution in [3.8, 4) is 0 Å². The van der Waals surface area contributed by atoms with Gasteiger partial charge in [0, 0.05) is 12.4 Å². The number of H-pyrrole nitrogens is 1. The van der Waals surface area contributed by atoms with Crippen molar-refractivity contribution in [2.24, 2.45) is 0 Å². The Labute approximate surface area is 122 Å². The molecule has 0 aliphatic heterocycles. The van der Waals surface area contributed by atoms with Crippen molar-refractivity contribution in [3.63, 3.8) is 0 Å². The lowest BCUT2D eigenvalue weighted by molar-refractivity contribution is 0.559. The summed E-state index contributed by atoms with van der Waals surface area (Å²) in [7, 11) is -3.84. The number of anilines is 1. The molecule has 8 heteroatoms. The lowest BCUT2D eigenvalue weighted by atomic mass is 10.1. The Balaban J connectivity index is 2.43. The number of halogens is 1. The third-order valence-corrected chi connectivity index (χ3v) is 5.06. The quantitative estimate of drug-likeness (QED) is 0.749. The first-order chi connectivity index (χ1) is 9.74. The fourth-order valence-corrected chi connectivity index (χ4v) is 3.90. The van der Waals surface area contributed by atoms with Crippen molar-refractivity contribution in [2.45, 2.75) is 31.7 Å². The minimum atomic E-state index is -3.84. The van der Waals surface area contributed by atoms with Gasteiger partial charge in [0.15, 0.2) is 0 Å². The summed E-state index contributed by atoms with van der Waals surface area (Å²) in [5, 5.41) is 0. The van der Waals surface area contributed by atoms with E-state index in [1.807, 2.05) is 0 Å². The Morgan fingerprint density at radius 2 is 2.10 bits per heavy atom. The van der Waals surface area contributed by atoms with Crippen LogP contribution >= 0.6 is 0 Å². The SMILES string of the molecule is Cc1cc(F)c(N)c(C)c1S(=O)(=O)NC(C)c1ncc[nH]1. The molecule has 0 spiro atoms. The van der Waals surface area contributed by atoms with E-state index in [1.165, 1.54) is 20.0 Å². The molecule has 0 saturated heterocycles. The summed E-state index contributed by atoms with van der Waals surface area (Å²) in [5.41, 5.74) is 5.93. The average molecular weight is 312 g/mol. The van der Waals surface area contributed by atoms with Gasteiger partial charge in [0.05, 0.1) is 16.6 Å². The largest absolute Gasteiger partial charge is 0.396 e. The number of nitrogen functional groups attached to an aromatic ring is 1. The summed E-state index contributed by atoms with van der Waals surface area (Å²) in [6.45, 7) is 4.67. The number of imidazole rings is 1. The topological polar surface area (TPSA) is 101 Å². The molecule has 0 aliphatic rings. The predicted octanol–water partition coefficient (Wildman–Crippen LogP) is 1.79. The maximum absolute atomic E-state index is 13.5. The Hall–Kier alpha value is -1.93. The molecule has 0 bridgehead atoms. The molecule has 2 rings (SSSR count). The first kappa shape index (κ1) is 15.5. The van der Waals surface area contributed by atoms with E-state index in [-0.39, 0.29) is 16.1 Å². The number of aromatic nitrogens is 2. The zero-order valence-corrected chi connectivity index (χ0v) is 12.8. The third-order valence-electron chi connectivity index (χ3n) is 3.23. The second-order valence-electron chi connectivity index (χ2n) is 4.86. The van der Waals surface area contributed by atoms with Gasteiger partial charge in [-0.15, -0.1) is 0 Å². The summed E-state index contributed by atoms with van der Waals surface area (Å²) < 4.78 is 41.1. The van der Waals surface area contributed by atoms with Crippen LogP contribution in [0.1, 0.15) is 29.9 Å². The summed E-state index contributed by atoms with van der Waals surface area (Å²) in [6.07, 6.45) is 3.14. The van der Waals surface area contributed by atoms with Gasteiger partial charge in [-0.05, 0) is 38.0 Å². The molecule has 1 aromatic heterocycles. The van der Waals surface area contributed by atoms with Crippen molar-refractivity contribution >= 4 is 15.7 Å². The maximum Gasteiger partial charge on any atom is 0.241 e. The van der Waals surface area contributed by atoms with Crippen LogP contribution in [-0.2, 0) is 10.0 Å². The van der Waals surface area contributed by atoms with E-state index < -0.39 is 21.9 Å². The van der Waals surface area contributed by atoms with Crippen LogP contribution < -0.4 is 10.5 Å². The number of nitrogens with zero attached hydrogens (tertiary/aromatic N) is 1. The molecule has 4 N–H and O–H groups in total. The van der Waals surface area contributed by atoms with Gasteiger partial charge in [-0.2, -0.15) is 0 Å². The molecular formula is C13H17FN4O2S. The number of rotatable bonds is 4. The van der Waals surface area contributed by atoms with E-state index >= 15 is 0 Å². The van der Waals surface area contributed by atoms with E-state index in [1.54, 1.807) is 13.1 Å². The van der Waals surface area contributed by atoms with Crippen LogP contribution in [0, 0.1) is 19.7 Å². The van der Waals surface area contributed by atoms with Gasteiger partial charge in [-0.25, -0.2) is 22.5 Å². The van der Waals surface area contributed by atoms with Gasteiger partial charge in [-0.3, -0.25) is 0 Å². The van der Waals surface area contributed by atoms with Gasteiger partial charge in [0.25, 0.3) is 0 Å². The molecular weight excluding hydrogens is 295 g/mol. The van der Waals surface area contributed by atoms with Crippen molar-refractivity contribution in [1.82, 2.24) is 14.7 Å². The normalized spacial score (nSPS) is 13.3. The minimum Gasteiger partial charge on any atom is -0.396 e. The molecule has 2 aromatic rings. The molecule has 1 aromatic carbocycles. The van der Waals surface area contributed by atoms with E-state index in [9.17, 15) is 12.8 Å². The van der Waals surface area contributed by atoms with Crippen LogP contribution in [0.2, 0.25) is 0 Å². The van der Waals surface area contributed by atoms with Crippen LogP contribution in [0.15, 0.2) is 23.4 Å². The molecule has 21 heavy (non-hydrogen) atoms. The van der Waals surface area contributed by atoms with Gasteiger partial charge in [0.2, 0.25) is 10.0 Å². The summed E-state index contributed by atoms with van der Waals surface area (Å²) in [4.78, 5) is 6.84. The number of aryl methyl sites for hydroxylation is 1. The van der Waals surface area contributed by atoms with Gasteiger partial charge in [0.1, 0.15) is 11.6 Å². The zero-order chi connectivity index (χ0) is 15.8. The fourth-order valence-electron chi connectivity index (χ4n) is 2.21. The number of nitrogens with two attached hydrogens (primary N) is 1. The van der Waals surface area contributed by atoms with Crippen LogP contribution in [0.5, 0.6) is 0 Å². The lowest BCUT2D eigenvalue weighted by Gasteiger charge is -2.17. The van der Waals surface area contributed by atoms with E-state index in [2.05, 4.69) is 14.7 Å². The number of benzene rings is 1. The van der Waals surface area contributed by atoms with Crippen molar-refractivity contribution in [2.75, 3.05) is 5.73 Å². The summed E-state index contributed by atoms with van der Waals surface area (Å²) in [5.74, 6) is -0.132. The number of nitrogens with one attached hydrogen (secondary N) is 2. The smallest absolute Gasteiger partial charge is 0.241 e. The predicted molar refractivity (Wildman–Crippen MR) is 77.6 cm³/mol. The molecule has 0 radical (unpaired) electrons. The summed E-state index contributed by atoms with van der Waals surface area (Å²) in [6, 6.07) is 0.573. The van der Waals surface area contributed by atoms with Crippen molar-refractivity contribution < 1.29 is 12.8 Å². The molecule has 0 saturated carbocycles. The Kier molecular flexibility index (Phi) is 4.02. The second kappa shape index (κ2) is 5.45. The minimum absolute atomic E-state index is 0.000180. The molecule has 1 heterocycles. The lowest BCUT2D eigenvalue weighted by Crippen LogP contribution is -2.29. The maximum atomic E-state index is 13.5. The van der Waals surface area contributed by atoms with Gasteiger partial charge < -0.3 is 10.7 Å². The van der Waals surface area contributed by atoms with E-state index in [0.29, 0.717) is 11.4 Å². The van der Waals surface area contributed by atoms with Crippen LogP contribution in [0.3, 0.4) is 0 Å². The molecule has 1 unspecified atom stereocenters. The van der Waals surface area contributed by atoms with Crippen molar-refractivity contribution in [3.05, 3.63) is 41.2 Å². The molecule has 1 atom stereocenters. The highest BCUT2D eigenvalue weighted by Crippen LogP contribution is 2.28. The standard InChI is InChI=1S/C13H17FN4O2S/c1-7-6-10(14)11(15)8(2)12(7)21(19,20)18-9(3)13-16-4-5-17-13/h4-6,9,18H,15H2,1-3H3,(H,16,17). The van der Waals surface area contributed by atoms with Crippen LogP contribution in [-0.4, -0.2) is 18.4 Å². The summed E-state index contributed by atoms with van der Waals surface area (Å²) >= 11 is 0. The van der Waals surface area contributed by atoms with Crippen LogP contribution in [0.4, 0.5) is 10.1 Å².